The lowest BCUT2D eigenvalue weighted by Crippen LogP contribution is -2.13. The van der Waals surface area contributed by atoms with Gasteiger partial charge in [-0.05, 0) is 36.4 Å². The number of carboxylic acids is 1. The van der Waals surface area contributed by atoms with Crippen molar-refractivity contribution in [3.05, 3.63) is 54.1 Å². The second-order valence-corrected chi connectivity index (χ2v) is 6.57. The van der Waals surface area contributed by atoms with Crippen molar-refractivity contribution < 1.29 is 18.3 Å². The molecule has 104 valence electrons. The quantitative estimate of drug-likeness (QED) is 0.902. The first-order chi connectivity index (χ1) is 9.38. The van der Waals surface area contributed by atoms with Crippen LogP contribution in [0, 0.1) is 0 Å². The molecule has 0 saturated carbocycles. The fourth-order valence-corrected chi connectivity index (χ4v) is 3.49. The van der Waals surface area contributed by atoms with Crippen molar-refractivity contribution in [1.82, 2.24) is 0 Å². The van der Waals surface area contributed by atoms with E-state index in [-0.39, 0.29) is 10.5 Å². The number of aromatic carboxylic acids is 1. The summed E-state index contributed by atoms with van der Waals surface area (Å²) in [6.45, 7) is 0. The Morgan fingerprint density at radius 3 is 2.20 bits per heavy atom. The highest BCUT2D eigenvalue weighted by Gasteiger charge is 2.14. The molecule has 2 aromatic rings. The van der Waals surface area contributed by atoms with E-state index in [2.05, 4.69) is 0 Å². The van der Waals surface area contributed by atoms with Crippen LogP contribution in [0.5, 0.6) is 0 Å². The molecule has 0 spiro atoms. The van der Waals surface area contributed by atoms with Crippen LogP contribution in [0.2, 0.25) is 0 Å². The lowest BCUT2D eigenvalue weighted by atomic mass is 10.2. The van der Waals surface area contributed by atoms with Crippen LogP contribution in [0.1, 0.15) is 10.4 Å². The van der Waals surface area contributed by atoms with Gasteiger partial charge in [0.2, 0.25) is 10.0 Å². The molecule has 20 heavy (non-hydrogen) atoms. The Kier molecular flexibility index (Phi) is 4.12. The number of benzene rings is 2. The summed E-state index contributed by atoms with van der Waals surface area (Å²) >= 11 is 1.21. The first kappa shape index (κ1) is 14.6. The Morgan fingerprint density at radius 2 is 1.65 bits per heavy atom. The maximum atomic E-state index is 11.5. The SMILES string of the molecule is NS(=O)(=O)c1ccccc1Sc1ccc(C(=O)O)cc1. The van der Waals surface area contributed by atoms with E-state index >= 15 is 0 Å². The van der Waals surface area contributed by atoms with Gasteiger partial charge in [0, 0.05) is 9.79 Å². The highest BCUT2D eigenvalue weighted by Crippen LogP contribution is 2.32. The van der Waals surface area contributed by atoms with Crippen molar-refractivity contribution in [1.29, 1.82) is 0 Å². The van der Waals surface area contributed by atoms with Gasteiger partial charge in [0.1, 0.15) is 0 Å². The standard InChI is InChI=1S/C13H11NO4S2/c14-20(17,18)12-4-2-1-3-11(12)19-10-7-5-9(6-8-10)13(15)16/h1-8H,(H,15,16)(H2,14,17,18). The summed E-state index contributed by atoms with van der Waals surface area (Å²) in [5.41, 5.74) is 0.175. The average molecular weight is 309 g/mol. The monoisotopic (exact) mass is 309 g/mol. The summed E-state index contributed by atoms with van der Waals surface area (Å²) in [5, 5.41) is 14.0. The lowest BCUT2D eigenvalue weighted by Gasteiger charge is -2.07. The van der Waals surface area contributed by atoms with Gasteiger partial charge in [0.05, 0.1) is 10.5 Å². The molecule has 2 aromatic carbocycles. The van der Waals surface area contributed by atoms with Crippen LogP contribution in [0.25, 0.3) is 0 Å². The van der Waals surface area contributed by atoms with Crippen LogP contribution in [-0.4, -0.2) is 19.5 Å². The molecule has 0 aliphatic carbocycles. The van der Waals surface area contributed by atoms with Gasteiger partial charge in [-0.2, -0.15) is 0 Å². The zero-order valence-corrected chi connectivity index (χ0v) is 11.8. The zero-order chi connectivity index (χ0) is 14.8. The van der Waals surface area contributed by atoms with Gasteiger partial charge in [0.15, 0.2) is 0 Å². The number of sulfonamides is 1. The van der Waals surface area contributed by atoms with E-state index in [0.29, 0.717) is 4.90 Å². The fourth-order valence-electron chi connectivity index (χ4n) is 1.56. The molecule has 2 rings (SSSR count). The van der Waals surface area contributed by atoms with Gasteiger partial charge in [0.25, 0.3) is 0 Å². The van der Waals surface area contributed by atoms with Crippen molar-refractivity contribution in [3.63, 3.8) is 0 Å². The van der Waals surface area contributed by atoms with Crippen LogP contribution in [0.4, 0.5) is 0 Å². The summed E-state index contributed by atoms with van der Waals surface area (Å²) in [6, 6.07) is 12.6. The van der Waals surface area contributed by atoms with E-state index in [9.17, 15) is 13.2 Å². The molecule has 0 aliphatic heterocycles. The van der Waals surface area contributed by atoms with Crippen molar-refractivity contribution in [2.45, 2.75) is 14.7 Å². The molecule has 0 saturated heterocycles. The predicted molar refractivity (Wildman–Crippen MR) is 75.3 cm³/mol. The van der Waals surface area contributed by atoms with Crippen LogP contribution in [0.3, 0.4) is 0 Å². The number of primary sulfonamides is 1. The maximum absolute atomic E-state index is 11.5. The van der Waals surface area contributed by atoms with Crippen LogP contribution in [-0.2, 0) is 10.0 Å². The Labute approximate surface area is 120 Å². The molecule has 0 bridgehead atoms. The zero-order valence-electron chi connectivity index (χ0n) is 10.2. The van der Waals surface area contributed by atoms with E-state index in [1.165, 1.54) is 30.0 Å². The highest BCUT2D eigenvalue weighted by molar-refractivity contribution is 8.00. The number of carbonyl (C=O) groups is 1. The van der Waals surface area contributed by atoms with Crippen molar-refractivity contribution in [2.75, 3.05) is 0 Å². The molecule has 0 atom stereocenters. The van der Waals surface area contributed by atoms with E-state index < -0.39 is 16.0 Å². The normalized spacial score (nSPS) is 11.2. The lowest BCUT2D eigenvalue weighted by molar-refractivity contribution is 0.0697. The smallest absolute Gasteiger partial charge is 0.335 e. The van der Waals surface area contributed by atoms with Gasteiger partial charge >= 0.3 is 5.97 Å². The number of hydrogen-bond donors (Lipinski definition) is 2. The minimum Gasteiger partial charge on any atom is -0.478 e. The third-order valence-corrected chi connectivity index (χ3v) is 4.67. The van der Waals surface area contributed by atoms with Crippen LogP contribution in [0.15, 0.2) is 63.2 Å². The first-order valence-corrected chi connectivity index (χ1v) is 7.87. The Balaban J connectivity index is 2.33. The number of carboxylic acid groups (broad SMARTS) is 1. The largest absolute Gasteiger partial charge is 0.478 e. The third-order valence-electron chi connectivity index (χ3n) is 2.48. The molecule has 0 radical (unpaired) electrons. The van der Waals surface area contributed by atoms with E-state index in [0.717, 1.165) is 4.90 Å². The van der Waals surface area contributed by atoms with Crippen molar-refractivity contribution in [3.8, 4) is 0 Å². The first-order valence-electron chi connectivity index (χ1n) is 5.51. The number of rotatable bonds is 4. The molecule has 0 aliphatic rings. The summed E-state index contributed by atoms with van der Waals surface area (Å²) < 4.78 is 22.9. The minimum atomic E-state index is -3.79. The molecular weight excluding hydrogens is 298 g/mol. The van der Waals surface area contributed by atoms with Gasteiger partial charge in [-0.1, -0.05) is 23.9 Å². The van der Waals surface area contributed by atoms with E-state index in [1.807, 2.05) is 0 Å². The Bertz CT molecular complexity index is 739. The molecule has 5 nitrogen and oxygen atoms in total. The molecule has 0 fully saturated rings. The summed E-state index contributed by atoms with van der Waals surface area (Å²) in [4.78, 5) is 12.0. The van der Waals surface area contributed by atoms with Crippen molar-refractivity contribution >= 4 is 27.8 Å². The summed E-state index contributed by atoms with van der Waals surface area (Å²) in [5.74, 6) is -1.01. The van der Waals surface area contributed by atoms with Gasteiger partial charge in [-0.15, -0.1) is 0 Å². The summed E-state index contributed by atoms with van der Waals surface area (Å²) in [7, 11) is -3.79. The van der Waals surface area contributed by atoms with Crippen LogP contribution < -0.4 is 5.14 Å². The molecule has 3 N–H and O–H groups in total. The second kappa shape index (κ2) is 5.66. The predicted octanol–water partition coefficient (Wildman–Crippen LogP) is 2.18. The molecule has 0 aromatic heterocycles. The molecule has 0 amide bonds. The molecule has 7 heteroatoms. The molecule has 0 unspecified atom stereocenters. The third kappa shape index (κ3) is 3.38. The van der Waals surface area contributed by atoms with Crippen molar-refractivity contribution in [2.24, 2.45) is 5.14 Å². The highest BCUT2D eigenvalue weighted by atomic mass is 32.2. The van der Waals surface area contributed by atoms with E-state index in [1.54, 1.807) is 30.3 Å². The topological polar surface area (TPSA) is 97.5 Å². The fraction of sp³-hybridized carbons (Fsp3) is 0. The van der Waals surface area contributed by atoms with Gasteiger partial charge in [-0.25, -0.2) is 18.4 Å². The Hall–Kier alpha value is -1.83. The van der Waals surface area contributed by atoms with Gasteiger partial charge in [-0.3, -0.25) is 0 Å². The second-order valence-electron chi connectivity index (χ2n) is 3.92. The maximum Gasteiger partial charge on any atom is 0.335 e. The average Bonchev–Trinajstić information content (AvgIpc) is 2.38. The minimum absolute atomic E-state index is 0.0484. The number of hydrogen-bond acceptors (Lipinski definition) is 4. The van der Waals surface area contributed by atoms with Crippen LogP contribution >= 0.6 is 11.8 Å². The Morgan fingerprint density at radius 1 is 1.05 bits per heavy atom. The van der Waals surface area contributed by atoms with Gasteiger partial charge < -0.3 is 5.11 Å². The van der Waals surface area contributed by atoms with E-state index in [4.69, 9.17) is 10.2 Å². The molecule has 0 heterocycles. The molecular formula is C13H11NO4S2. The number of nitrogens with two attached hydrogens (primary N) is 1. The summed E-state index contributed by atoms with van der Waals surface area (Å²) in [6.07, 6.45) is 0.